The van der Waals surface area contributed by atoms with Crippen molar-refractivity contribution in [2.75, 3.05) is 0 Å². The predicted octanol–water partition coefficient (Wildman–Crippen LogP) is 4.89. The Labute approximate surface area is 141 Å². The maximum Gasteiger partial charge on any atom is 0.408 e. The van der Waals surface area contributed by atoms with Crippen LogP contribution in [0.1, 0.15) is 91.9 Å². The summed E-state index contributed by atoms with van der Waals surface area (Å²) in [6, 6.07) is -0.866. The molecule has 5 heteroatoms. The number of rotatable bonds is 12. The zero-order valence-corrected chi connectivity index (χ0v) is 15.3. The first kappa shape index (κ1) is 21.7. The molecule has 0 saturated carbocycles. The van der Waals surface area contributed by atoms with Crippen molar-refractivity contribution in [1.29, 1.82) is 0 Å². The Morgan fingerprint density at radius 1 is 0.957 bits per heavy atom. The summed E-state index contributed by atoms with van der Waals surface area (Å²) in [6.45, 7) is 7.47. The lowest BCUT2D eigenvalue weighted by molar-refractivity contribution is -0.139. The van der Waals surface area contributed by atoms with Gasteiger partial charge in [-0.2, -0.15) is 0 Å². The highest BCUT2D eigenvalue weighted by atomic mass is 16.6. The molecule has 0 spiro atoms. The first-order chi connectivity index (χ1) is 10.8. The minimum atomic E-state index is -1.00. The van der Waals surface area contributed by atoms with Gasteiger partial charge in [0.15, 0.2) is 0 Å². The number of hydrogen-bond donors (Lipinski definition) is 2. The van der Waals surface area contributed by atoms with Gasteiger partial charge >= 0.3 is 12.1 Å². The van der Waals surface area contributed by atoms with Crippen molar-refractivity contribution in [1.82, 2.24) is 5.32 Å². The molecule has 1 amide bonds. The van der Waals surface area contributed by atoms with Crippen LogP contribution in [-0.2, 0) is 9.53 Å². The molecule has 0 aliphatic carbocycles. The predicted molar refractivity (Wildman–Crippen MR) is 92.6 cm³/mol. The molecule has 2 N–H and O–H groups in total. The van der Waals surface area contributed by atoms with Gasteiger partial charge in [-0.25, -0.2) is 9.59 Å². The molecule has 0 fully saturated rings. The molecule has 136 valence electrons. The topological polar surface area (TPSA) is 75.6 Å². The quantitative estimate of drug-likeness (QED) is 0.500. The van der Waals surface area contributed by atoms with E-state index >= 15 is 0 Å². The number of carboxylic acid groups (broad SMARTS) is 1. The van der Waals surface area contributed by atoms with Gasteiger partial charge in [-0.05, 0) is 27.2 Å². The summed E-state index contributed by atoms with van der Waals surface area (Å²) in [5.41, 5.74) is -0.620. The van der Waals surface area contributed by atoms with Crippen LogP contribution in [0.3, 0.4) is 0 Å². The van der Waals surface area contributed by atoms with Crippen molar-refractivity contribution in [3.05, 3.63) is 0 Å². The average Bonchev–Trinajstić information content (AvgIpc) is 2.42. The van der Waals surface area contributed by atoms with Crippen LogP contribution in [0.5, 0.6) is 0 Å². The van der Waals surface area contributed by atoms with Gasteiger partial charge < -0.3 is 15.2 Å². The lowest BCUT2D eigenvalue weighted by atomic mass is 10.0. The van der Waals surface area contributed by atoms with Crippen LogP contribution in [0.25, 0.3) is 0 Å². The second-order valence-corrected chi connectivity index (χ2v) is 7.15. The summed E-state index contributed by atoms with van der Waals surface area (Å²) in [5, 5.41) is 11.6. The molecule has 0 aliphatic rings. The number of carbonyl (C=O) groups is 2. The molecule has 23 heavy (non-hydrogen) atoms. The number of carbonyl (C=O) groups excluding carboxylic acids is 1. The number of unbranched alkanes of at least 4 members (excludes halogenated alkanes) is 8. The molecule has 0 heterocycles. The van der Waals surface area contributed by atoms with E-state index in [-0.39, 0.29) is 0 Å². The van der Waals surface area contributed by atoms with Gasteiger partial charge in [0.25, 0.3) is 0 Å². The van der Waals surface area contributed by atoms with Crippen molar-refractivity contribution in [3.8, 4) is 0 Å². The Kier molecular flexibility index (Phi) is 11.5. The first-order valence-corrected chi connectivity index (χ1v) is 8.98. The molecule has 0 aliphatic heterocycles. The van der Waals surface area contributed by atoms with Gasteiger partial charge in [0.2, 0.25) is 0 Å². The number of carboxylic acids is 1. The summed E-state index contributed by atoms with van der Waals surface area (Å²) in [4.78, 5) is 22.8. The van der Waals surface area contributed by atoms with E-state index in [0.717, 1.165) is 19.3 Å². The number of ether oxygens (including phenoxy) is 1. The Balaban J connectivity index is 3.81. The van der Waals surface area contributed by atoms with Crippen LogP contribution < -0.4 is 5.32 Å². The van der Waals surface area contributed by atoms with Crippen LogP contribution in [0.2, 0.25) is 0 Å². The first-order valence-electron chi connectivity index (χ1n) is 8.98. The highest BCUT2D eigenvalue weighted by Gasteiger charge is 2.23. The molecule has 0 aromatic carbocycles. The molecule has 0 rings (SSSR count). The van der Waals surface area contributed by atoms with E-state index in [9.17, 15) is 14.7 Å². The molecule has 0 saturated heterocycles. The van der Waals surface area contributed by atoms with E-state index < -0.39 is 23.7 Å². The Bertz CT molecular complexity index is 336. The number of aliphatic carboxylic acids is 1. The maximum atomic E-state index is 11.6. The molecule has 0 bridgehead atoms. The molecule has 0 aromatic rings. The van der Waals surface area contributed by atoms with Gasteiger partial charge in [0.1, 0.15) is 11.6 Å². The summed E-state index contributed by atoms with van der Waals surface area (Å²) >= 11 is 0. The van der Waals surface area contributed by atoms with Gasteiger partial charge in [0, 0.05) is 0 Å². The maximum absolute atomic E-state index is 11.6. The Hall–Kier alpha value is -1.26. The summed E-state index contributed by atoms with van der Waals surface area (Å²) in [5.74, 6) is -1.00. The molecule has 1 atom stereocenters. The fraction of sp³-hybridized carbons (Fsp3) is 0.889. The second-order valence-electron chi connectivity index (χ2n) is 7.15. The number of alkyl carbamates (subject to hydrolysis) is 1. The Morgan fingerprint density at radius 3 is 1.87 bits per heavy atom. The SMILES string of the molecule is CCCCCCCCCCCC(NC(=O)OC(C)(C)C)C(=O)O. The molecular weight excluding hydrogens is 294 g/mol. The van der Waals surface area contributed by atoms with Crippen LogP contribution in [0.15, 0.2) is 0 Å². The molecule has 5 nitrogen and oxygen atoms in total. The van der Waals surface area contributed by atoms with Crippen LogP contribution in [-0.4, -0.2) is 28.8 Å². The van der Waals surface area contributed by atoms with Crippen molar-refractivity contribution in [2.45, 2.75) is 104 Å². The third-order valence-electron chi connectivity index (χ3n) is 3.59. The highest BCUT2D eigenvalue weighted by molar-refractivity contribution is 5.79. The van der Waals surface area contributed by atoms with Gasteiger partial charge in [-0.1, -0.05) is 64.7 Å². The van der Waals surface area contributed by atoms with Crippen molar-refractivity contribution in [2.24, 2.45) is 0 Å². The lowest BCUT2D eigenvalue weighted by Gasteiger charge is -2.22. The van der Waals surface area contributed by atoms with E-state index in [1.54, 1.807) is 20.8 Å². The summed E-state index contributed by atoms with van der Waals surface area (Å²) < 4.78 is 5.10. The van der Waals surface area contributed by atoms with Crippen molar-refractivity contribution in [3.63, 3.8) is 0 Å². The molecular formula is C18H35NO4. The fourth-order valence-electron chi connectivity index (χ4n) is 2.37. The minimum absolute atomic E-state index is 0.449. The summed E-state index contributed by atoms with van der Waals surface area (Å²) in [6.07, 6.45) is 10.4. The third kappa shape index (κ3) is 14.1. The fourth-order valence-corrected chi connectivity index (χ4v) is 2.37. The highest BCUT2D eigenvalue weighted by Crippen LogP contribution is 2.12. The van der Waals surface area contributed by atoms with E-state index in [0.29, 0.717) is 6.42 Å². The van der Waals surface area contributed by atoms with Crippen molar-refractivity contribution < 1.29 is 19.4 Å². The standard InChI is InChI=1S/C18H35NO4/c1-5-6-7-8-9-10-11-12-13-14-15(16(20)21)19-17(22)23-18(2,3)4/h15H,5-14H2,1-4H3,(H,19,22)(H,20,21). The molecule has 1 unspecified atom stereocenters. The molecule has 0 radical (unpaired) electrons. The van der Waals surface area contributed by atoms with E-state index in [4.69, 9.17) is 4.74 Å². The van der Waals surface area contributed by atoms with Gasteiger partial charge in [0.05, 0.1) is 0 Å². The van der Waals surface area contributed by atoms with E-state index in [2.05, 4.69) is 12.2 Å². The Morgan fingerprint density at radius 2 is 1.43 bits per heavy atom. The number of nitrogens with one attached hydrogen (secondary N) is 1. The zero-order valence-electron chi connectivity index (χ0n) is 15.3. The van der Waals surface area contributed by atoms with Crippen LogP contribution >= 0.6 is 0 Å². The summed E-state index contributed by atoms with van der Waals surface area (Å²) in [7, 11) is 0. The number of hydrogen-bond acceptors (Lipinski definition) is 3. The van der Waals surface area contributed by atoms with E-state index in [1.165, 1.54) is 38.5 Å². The average molecular weight is 329 g/mol. The number of amides is 1. The van der Waals surface area contributed by atoms with Crippen LogP contribution in [0.4, 0.5) is 4.79 Å². The van der Waals surface area contributed by atoms with Gasteiger partial charge in [-0.15, -0.1) is 0 Å². The normalized spacial score (nSPS) is 12.7. The molecule has 0 aromatic heterocycles. The zero-order chi connectivity index (χ0) is 17.7. The van der Waals surface area contributed by atoms with Crippen molar-refractivity contribution >= 4 is 12.1 Å². The monoisotopic (exact) mass is 329 g/mol. The minimum Gasteiger partial charge on any atom is -0.480 e. The second kappa shape index (κ2) is 12.2. The smallest absolute Gasteiger partial charge is 0.408 e. The largest absolute Gasteiger partial charge is 0.480 e. The van der Waals surface area contributed by atoms with E-state index in [1.807, 2.05) is 0 Å². The van der Waals surface area contributed by atoms with Gasteiger partial charge in [-0.3, -0.25) is 0 Å². The van der Waals surface area contributed by atoms with Crippen LogP contribution in [0, 0.1) is 0 Å². The third-order valence-corrected chi connectivity index (χ3v) is 3.59. The lowest BCUT2D eigenvalue weighted by Crippen LogP contribution is -2.43.